The lowest BCUT2D eigenvalue weighted by Gasteiger charge is -2.12. The maximum atomic E-state index is 11.7. The number of nitrogens with zero attached hydrogens (tertiary/aromatic N) is 1. The van der Waals surface area contributed by atoms with Crippen molar-refractivity contribution < 1.29 is 4.79 Å². The highest BCUT2D eigenvalue weighted by Gasteiger charge is 2.17. The fourth-order valence-electron chi connectivity index (χ4n) is 1.82. The van der Waals surface area contributed by atoms with E-state index in [2.05, 4.69) is 10.3 Å². The zero-order valence-corrected chi connectivity index (χ0v) is 11.0. The Labute approximate surface area is 109 Å². The van der Waals surface area contributed by atoms with Crippen LogP contribution in [0.5, 0.6) is 0 Å². The monoisotopic (exact) mass is 269 g/mol. The molecule has 1 heterocycles. The van der Waals surface area contributed by atoms with Gasteiger partial charge >= 0.3 is 0 Å². The number of carbonyl (C=O) groups is 1. The fraction of sp³-hybridized carbons (Fsp3) is 0.273. The molecule has 1 unspecified atom stereocenters. The van der Waals surface area contributed by atoms with Gasteiger partial charge in [0.05, 0.1) is 16.1 Å². The molecule has 1 aromatic carbocycles. The van der Waals surface area contributed by atoms with Crippen molar-refractivity contribution in [3.8, 4) is 0 Å². The minimum absolute atomic E-state index is 0.0954. The van der Waals surface area contributed by atoms with Gasteiger partial charge in [-0.3, -0.25) is 4.79 Å². The Hall–Kier alpha value is -1.33. The lowest BCUT2D eigenvalue weighted by Crippen LogP contribution is -2.27. The summed E-state index contributed by atoms with van der Waals surface area (Å²) in [5.41, 5.74) is 1.59. The topological polar surface area (TPSA) is 49.8 Å². The molecule has 0 saturated heterocycles. The molecule has 0 radical (unpaired) electrons. The van der Waals surface area contributed by atoms with Crippen molar-refractivity contribution in [3.63, 3.8) is 0 Å². The van der Waals surface area contributed by atoms with Crippen LogP contribution in [0.15, 0.2) is 18.2 Å². The Kier molecular flexibility index (Phi) is 3.22. The van der Waals surface area contributed by atoms with E-state index in [0.29, 0.717) is 9.79 Å². The predicted molar refractivity (Wildman–Crippen MR) is 70.9 cm³/mol. The fourth-order valence-corrected chi connectivity index (χ4v) is 2.40. The summed E-state index contributed by atoms with van der Waals surface area (Å²) in [5, 5.41) is 3.20. The first-order valence-corrected chi connectivity index (χ1v) is 5.95. The molecule has 17 heavy (non-hydrogen) atoms. The smallest absolute Gasteiger partial charge is 0.242 e. The number of carbonyl (C=O) groups excluding carboxylic acids is 1. The van der Waals surface area contributed by atoms with Crippen molar-refractivity contribution in [1.29, 1.82) is 0 Å². The van der Waals surface area contributed by atoms with Crippen LogP contribution in [0.1, 0.15) is 13.0 Å². The van der Waals surface area contributed by atoms with Crippen molar-refractivity contribution in [2.75, 3.05) is 7.05 Å². The number of amides is 1. The number of hydrogen-bond acceptors (Lipinski definition) is 2. The second-order valence-electron chi connectivity index (χ2n) is 3.72. The van der Waals surface area contributed by atoms with Gasteiger partial charge in [-0.05, 0) is 31.3 Å². The van der Waals surface area contributed by atoms with Crippen LogP contribution in [0.4, 0.5) is 0 Å². The normalized spacial score (nSPS) is 12.6. The zero-order valence-electron chi connectivity index (χ0n) is 9.45. The molecular formula is C11H12ClN3OS. The minimum atomic E-state index is -0.375. The van der Waals surface area contributed by atoms with E-state index < -0.39 is 0 Å². The lowest BCUT2D eigenvalue weighted by molar-refractivity contribution is -0.123. The molecule has 90 valence electrons. The second kappa shape index (κ2) is 4.50. The van der Waals surface area contributed by atoms with Crippen LogP contribution in [0.3, 0.4) is 0 Å². The molecule has 4 nitrogen and oxygen atoms in total. The molecule has 0 bridgehead atoms. The molecule has 0 spiro atoms. The number of aromatic nitrogens is 2. The molecule has 6 heteroatoms. The first kappa shape index (κ1) is 12.1. The van der Waals surface area contributed by atoms with Crippen LogP contribution in [0, 0.1) is 4.77 Å². The number of H-pyrrole nitrogens is 1. The number of rotatable bonds is 2. The molecule has 0 saturated carbocycles. The number of halogens is 1. The number of para-hydroxylation sites is 1. The molecule has 1 amide bonds. The van der Waals surface area contributed by atoms with E-state index in [1.807, 2.05) is 12.1 Å². The minimum Gasteiger partial charge on any atom is -0.357 e. The molecule has 2 N–H and O–H groups in total. The molecule has 0 aliphatic carbocycles. The summed E-state index contributed by atoms with van der Waals surface area (Å²) in [6.07, 6.45) is 0. The summed E-state index contributed by atoms with van der Waals surface area (Å²) in [6.45, 7) is 1.79. The molecule has 1 atom stereocenters. The van der Waals surface area contributed by atoms with E-state index in [-0.39, 0.29) is 11.9 Å². The summed E-state index contributed by atoms with van der Waals surface area (Å²) in [6, 6.07) is 5.12. The third kappa shape index (κ3) is 1.96. The van der Waals surface area contributed by atoms with Gasteiger partial charge in [0, 0.05) is 7.05 Å². The predicted octanol–water partition coefficient (Wildman–Crippen LogP) is 2.66. The van der Waals surface area contributed by atoms with Gasteiger partial charge in [0.25, 0.3) is 0 Å². The van der Waals surface area contributed by atoms with Gasteiger partial charge < -0.3 is 14.9 Å². The second-order valence-corrected chi connectivity index (χ2v) is 4.52. The Morgan fingerprint density at radius 1 is 1.59 bits per heavy atom. The lowest BCUT2D eigenvalue weighted by atomic mass is 10.2. The highest BCUT2D eigenvalue weighted by molar-refractivity contribution is 7.71. The summed E-state index contributed by atoms with van der Waals surface area (Å²) in [4.78, 5) is 14.7. The maximum absolute atomic E-state index is 11.7. The average molecular weight is 270 g/mol. The van der Waals surface area contributed by atoms with Crippen molar-refractivity contribution in [3.05, 3.63) is 28.0 Å². The number of likely N-dealkylation sites (N-methyl/N-ethyl adjacent to an activating group) is 1. The van der Waals surface area contributed by atoms with E-state index in [1.54, 1.807) is 24.6 Å². The quantitative estimate of drug-likeness (QED) is 0.824. The van der Waals surface area contributed by atoms with E-state index in [0.717, 1.165) is 11.0 Å². The van der Waals surface area contributed by atoms with Gasteiger partial charge in [-0.25, -0.2) is 0 Å². The van der Waals surface area contributed by atoms with Gasteiger partial charge in [0.1, 0.15) is 6.04 Å². The summed E-state index contributed by atoms with van der Waals surface area (Å²) in [5.74, 6) is -0.0954. The molecule has 2 aromatic rings. The van der Waals surface area contributed by atoms with E-state index in [9.17, 15) is 4.79 Å². The molecular weight excluding hydrogens is 258 g/mol. The number of nitrogens with one attached hydrogen (secondary N) is 2. The Bertz CT molecular complexity index is 631. The molecule has 0 fully saturated rings. The van der Waals surface area contributed by atoms with Crippen LogP contribution in [-0.2, 0) is 4.79 Å². The Morgan fingerprint density at radius 2 is 2.29 bits per heavy atom. The van der Waals surface area contributed by atoms with E-state index in [1.165, 1.54) is 0 Å². The molecule has 0 aliphatic heterocycles. The van der Waals surface area contributed by atoms with Gasteiger partial charge in [0.2, 0.25) is 5.91 Å². The number of aromatic amines is 1. The largest absolute Gasteiger partial charge is 0.357 e. The van der Waals surface area contributed by atoms with Gasteiger partial charge in [-0.15, -0.1) is 0 Å². The van der Waals surface area contributed by atoms with Crippen molar-refractivity contribution in [2.24, 2.45) is 0 Å². The van der Waals surface area contributed by atoms with Crippen LogP contribution in [-0.4, -0.2) is 22.5 Å². The van der Waals surface area contributed by atoms with Crippen LogP contribution in [0.2, 0.25) is 5.02 Å². The van der Waals surface area contributed by atoms with Gasteiger partial charge in [0.15, 0.2) is 4.77 Å². The van der Waals surface area contributed by atoms with Crippen LogP contribution in [0.25, 0.3) is 11.0 Å². The van der Waals surface area contributed by atoms with Crippen molar-refractivity contribution in [1.82, 2.24) is 14.9 Å². The first-order chi connectivity index (χ1) is 8.06. The number of imidazole rings is 1. The highest BCUT2D eigenvalue weighted by Crippen LogP contribution is 2.25. The third-order valence-electron chi connectivity index (χ3n) is 2.72. The first-order valence-electron chi connectivity index (χ1n) is 5.16. The van der Waals surface area contributed by atoms with Gasteiger partial charge in [-0.1, -0.05) is 17.7 Å². The molecule has 2 rings (SSSR count). The summed E-state index contributed by atoms with van der Waals surface area (Å²) < 4.78 is 2.25. The summed E-state index contributed by atoms with van der Waals surface area (Å²) >= 11 is 11.3. The highest BCUT2D eigenvalue weighted by atomic mass is 35.5. The van der Waals surface area contributed by atoms with E-state index >= 15 is 0 Å². The maximum Gasteiger partial charge on any atom is 0.242 e. The molecule has 1 aromatic heterocycles. The van der Waals surface area contributed by atoms with Crippen LogP contribution >= 0.6 is 23.8 Å². The van der Waals surface area contributed by atoms with Gasteiger partial charge in [-0.2, -0.15) is 0 Å². The van der Waals surface area contributed by atoms with Crippen molar-refractivity contribution in [2.45, 2.75) is 13.0 Å². The number of benzene rings is 1. The Morgan fingerprint density at radius 3 is 2.94 bits per heavy atom. The standard InChI is InChI=1S/C11H12ClN3OS/c1-6(10(16)13-2)15-8-5-3-4-7(12)9(8)14-11(15)17/h3-6H,1-2H3,(H,13,16)(H,14,17). The van der Waals surface area contributed by atoms with Crippen molar-refractivity contribution >= 4 is 40.8 Å². The summed E-state index contributed by atoms with van der Waals surface area (Å²) in [7, 11) is 1.60. The zero-order chi connectivity index (χ0) is 12.6. The molecule has 0 aliphatic rings. The third-order valence-corrected chi connectivity index (χ3v) is 3.33. The van der Waals surface area contributed by atoms with Crippen LogP contribution < -0.4 is 5.32 Å². The van der Waals surface area contributed by atoms with E-state index in [4.69, 9.17) is 23.8 Å². The SMILES string of the molecule is CNC(=O)C(C)n1c(=S)[nH]c2c(Cl)cccc21. The Balaban J connectivity index is 2.70. The average Bonchev–Trinajstić information content (AvgIpc) is 2.65. The number of hydrogen-bond donors (Lipinski definition) is 2. The number of fused-ring (bicyclic) bond motifs is 1.